The summed E-state index contributed by atoms with van der Waals surface area (Å²) >= 11 is 10.3. The third-order valence-corrected chi connectivity index (χ3v) is 9.82. The number of hydrogen-bond acceptors (Lipinski definition) is 5. The van der Waals surface area contributed by atoms with Crippen molar-refractivity contribution in [3.05, 3.63) is 84.4 Å². The molecule has 5 rings (SSSR count). The van der Waals surface area contributed by atoms with E-state index in [2.05, 4.69) is 29.1 Å². The second-order valence-electron chi connectivity index (χ2n) is 11.2. The third kappa shape index (κ3) is 4.71. The van der Waals surface area contributed by atoms with E-state index in [4.69, 9.17) is 16.3 Å². The average molecular weight is 657 g/mol. The summed E-state index contributed by atoms with van der Waals surface area (Å²) in [7, 11) is 0. The van der Waals surface area contributed by atoms with Crippen LogP contribution >= 0.6 is 27.5 Å². The molecule has 3 saturated heterocycles. The number of alkyl halides is 1. The Bertz CT molecular complexity index is 1390. The van der Waals surface area contributed by atoms with E-state index in [0.29, 0.717) is 22.8 Å². The van der Waals surface area contributed by atoms with Gasteiger partial charge in [0.05, 0.1) is 41.3 Å². The van der Waals surface area contributed by atoms with E-state index in [1.165, 1.54) is 9.80 Å². The van der Waals surface area contributed by atoms with Gasteiger partial charge < -0.3 is 24.5 Å². The molecule has 0 aromatic heterocycles. The molecule has 3 fully saturated rings. The summed E-state index contributed by atoms with van der Waals surface area (Å²) in [4.78, 5) is 47.8. The van der Waals surface area contributed by atoms with Gasteiger partial charge in [0.2, 0.25) is 11.8 Å². The number of nitrogens with zero attached hydrogens (tertiary/aromatic N) is 3. The summed E-state index contributed by atoms with van der Waals surface area (Å²) in [6.07, 6.45) is 2.97. The first-order chi connectivity index (χ1) is 20.1. The molecule has 3 unspecified atom stereocenters. The summed E-state index contributed by atoms with van der Waals surface area (Å²) in [5.74, 6) is -2.82. The summed E-state index contributed by atoms with van der Waals surface area (Å²) in [5.41, 5.74) is 0.686. The number of para-hydroxylation sites is 2. The molecule has 3 aliphatic rings. The van der Waals surface area contributed by atoms with Crippen LogP contribution in [0.3, 0.4) is 0 Å². The number of aliphatic hydroxyl groups excluding tert-OH is 1. The molecule has 0 aliphatic carbocycles. The van der Waals surface area contributed by atoms with Gasteiger partial charge in [0.15, 0.2) is 0 Å². The Hall–Kier alpha value is -2.98. The lowest BCUT2D eigenvalue weighted by atomic mass is 9.70. The number of ether oxygens (including phenoxy) is 1. The lowest BCUT2D eigenvalue weighted by Crippen LogP contribution is -2.59. The highest BCUT2D eigenvalue weighted by atomic mass is 79.9. The van der Waals surface area contributed by atoms with Gasteiger partial charge in [-0.3, -0.25) is 14.4 Å². The van der Waals surface area contributed by atoms with Gasteiger partial charge >= 0.3 is 0 Å². The molecular formula is C32H35BrClN3O5. The average Bonchev–Trinajstić information content (AvgIpc) is 3.58. The quantitative estimate of drug-likeness (QED) is 0.300. The largest absolute Gasteiger partial charge is 0.394 e. The maximum absolute atomic E-state index is 14.7. The van der Waals surface area contributed by atoms with Gasteiger partial charge in [-0.15, -0.1) is 13.2 Å². The molecule has 3 heterocycles. The van der Waals surface area contributed by atoms with E-state index in [1.807, 2.05) is 43.3 Å². The van der Waals surface area contributed by atoms with E-state index < -0.39 is 41.5 Å². The van der Waals surface area contributed by atoms with Crippen molar-refractivity contribution < 1.29 is 24.2 Å². The van der Waals surface area contributed by atoms with Gasteiger partial charge in [-0.25, -0.2) is 0 Å². The first-order valence-corrected chi connectivity index (χ1v) is 15.3. The molecule has 0 radical (unpaired) electrons. The van der Waals surface area contributed by atoms with Crippen LogP contribution in [0.2, 0.25) is 5.02 Å². The number of hydrogen-bond donors (Lipinski definition) is 1. The molecule has 7 atom stereocenters. The zero-order valence-electron chi connectivity index (χ0n) is 23.7. The van der Waals surface area contributed by atoms with E-state index in [1.54, 1.807) is 36.1 Å². The van der Waals surface area contributed by atoms with Crippen molar-refractivity contribution in [3.8, 4) is 0 Å². The van der Waals surface area contributed by atoms with Crippen LogP contribution in [0.25, 0.3) is 0 Å². The standard InChI is InChI=1S/C32H35BrClN3O5/c1-5-15-35(21-12-8-7-9-13-21)29(39)24-25-30(40)37(20(4)18-38)28(32(25)17-22(33)27(24)42-32)31(41)36(16-6-2)26-19(3)11-10-14-23(26)34/h5-14,20,22,24-25,27-28,38H,1-2,15-18H2,3-4H3/t20-,22?,24+,25+,27+,28?,32?/m1/s1. The van der Waals surface area contributed by atoms with Crippen LogP contribution in [0, 0.1) is 18.8 Å². The molecule has 8 nitrogen and oxygen atoms in total. The molecular weight excluding hydrogens is 622 g/mol. The Morgan fingerprint density at radius 3 is 2.43 bits per heavy atom. The molecule has 42 heavy (non-hydrogen) atoms. The smallest absolute Gasteiger partial charge is 0.253 e. The third-order valence-electron chi connectivity index (χ3n) is 8.67. The van der Waals surface area contributed by atoms with Gasteiger partial charge in [0.25, 0.3) is 5.91 Å². The van der Waals surface area contributed by atoms with Gasteiger partial charge in [-0.2, -0.15) is 0 Å². The molecule has 2 bridgehead atoms. The first-order valence-electron chi connectivity index (χ1n) is 14.0. The van der Waals surface area contributed by atoms with Crippen LogP contribution in [0.4, 0.5) is 11.4 Å². The molecule has 0 saturated carbocycles. The van der Waals surface area contributed by atoms with Crippen molar-refractivity contribution >= 4 is 56.6 Å². The number of aryl methyl sites for hydroxylation is 1. The predicted molar refractivity (Wildman–Crippen MR) is 167 cm³/mol. The number of fused-ring (bicyclic) bond motifs is 1. The molecule has 3 amide bonds. The number of carbonyl (C=O) groups excluding carboxylic acids is 3. The Morgan fingerprint density at radius 2 is 1.81 bits per heavy atom. The van der Waals surface area contributed by atoms with Gasteiger partial charge in [0.1, 0.15) is 11.6 Å². The van der Waals surface area contributed by atoms with Crippen molar-refractivity contribution in [2.45, 2.75) is 48.9 Å². The summed E-state index contributed by atoms with van der Waals surface area (Å²) < 4.78 is 6.68. The lowest BCUT2D eigenvalue weighted by molar-refractivity contribution is -0.143. The minimum absolute atomic E-state index is 0.140. The van der Waals surface area contributed by atoms with E-state index in [9.17, 15) is 19.5 Å². The highest BCUT2D eigenvalue weighted by molar-refractivity contribution is 9.09. The Labute approximate surface area is 259 Å². The van der Waals surface area contributed by atoms with Gasteiger partial charge in [-0.1, -0.05) is 70.0 Å². The zero-order valence-corrected chi connectivity index (χ0v) is 26.0. The highest BCUT2D eigenvalue weighted by Gasteiger charge is 2.77. The number of benzene rings is 2. The minimum Gasteiger partial charge on any atom is -0.394 e. The first kappa shape index (κ1) is 30.5. The second-order valence-corrected chi connectivity index (χ2v) is 12.7. The Morgan fingerprint density at radius 1 is 1.14 bits per heavy atom. The van der Waals surface area contributed by atoms with E-state index >= 15 is 0 Å². The van der Waals surface area contributed by atoms with Crippen LogP contribution in [-0.2, 0) is 19.1 Å². The molecule has 10 heteroatoms. The topological polar surface area (TPSA) is 90.4 Å². The molecule has 3 aliphatic heterocycles. The fourth-order valence-corrected chi connectivity index (χ4v) is 8.23. The molecule has 1 spiro atoms. The highest BCUT2D eigenvalue weighted by Crippen LogP contribution is 2.61. The van der Waals surface area contributed by atoms with Crippen molar-refractivity contribution in [2.75, 3.05) is 29.5 Å². The lowest BCUT2D eigenvalue weighted by Gasteiger charge is -2.39. The molecule has 1 N–H and O–H groups in total. The zero-order chi connectivity index (χ0) is 30.3. The van der Waals surface area contributed by atoms with Crippen molar-refractivity contribution in [3.63, 3.8) is 0 Å². The molecule has 222 valence electrons. The van der Waals surface area contributed by atoms with E-state index in [0.717, 1.165) is 5.56 Å². The summed E-state index contributed by atoms with van der Waals surface area (Å²) in [6.45, 7) is 11.3. The summed E-state index contributed by atoms with van der Waals surface area (Å²) in [5, 5.41) is 10.6. The van der Waals surface area contributed by atoms with Gasteiger partial charge in [-0.05, 0) is 44.0 Å². The number of aliphatic hydroxyl groups is 1. The number of anilines is 2. The Kier molecular flexibility index (Phi) is 8.67. The molecule has 2 aromatic carbocycles. The normalized spacial score (nSPS) is 28.4. The minimum atomic E-state index is -1.29. The number of halogens is 2. The van der Waals surface area contributed by atoms with Crippen LogP contribution in [-0.4, -0.2) is 76.0 Å². The maximum Gasteiger partial charge on any atom is 0.253 e. The fourth-order valence-electron chi connectivity index (χ4n) is 6.96. The van der Waals surface area contributed by atoms with Crippen LogP contribution < -0.4 is 9.80 Å². The predicted octanol–water partition coefficient (Wildman–Crippen LogP) is 4.52. The summed E-state index contributed by atoms with van der Waals surface area (Å²) in [6, 6.07) is 12.8. The number of rotatable bonds is 10. The Balaban J connectivity index is 1.63. The van der Waals surface area contributed by atoms with Crippen molar-refractivity contribution in [1.29, 1.82) is 0 Å². The van der Waals surface area contributed by atoms with Crippen LogP contribution in [0.15, 0.2) is 73.8 Å². The second kappa shape index (κ2) is 12.0. The van der Waals surface area contributed by atoms with Crippen molar-refractivity contribution in [2.24, 2.45) is 11.8 Å². The van der Waals surface area contributed by atoms with Gasteiger partial charge in [0, 0.05) is 23.6 Å². The van der Waals surface area contributed by atoms with Crippen LogP contribution in [0.1, 0.15) is 18.9 Å². The molecule has 2 aromatic rings. The maximum atomic E-state index is 14.7. The van der Waals surface area contributed by atoms with Crippen LogP contribution in [0.5, 0.6) is 0 Å². The number of carbonyl (C=O) groups is 3. The number of amides is 3. The monoisotopic (exact) mass is 655 g/mol. The van der Waals surface area contributed by atoms with Crippen molar-refractivity contribution in [1.82, 2.24) is 4.90 Å². The fraction of sp³-hybridized carbons (Fsp3) is 0.406. The van der Waals surface area contributed by atoms with E-state index in [-0.39, 0.29) is 36.3 Å². The number of likely N-dealkylation sites (tertiary alicyclic amines) is 1. The SMILES string of the molecule is C=CCN(C(=O)[C@H]1[C@H]2C(=O)N([C@H](C)CO)C(C(=O)N(CC=C)c3c(C)cccc3Cl)C23CC(Br)[C@@H]1O3)c1ccccc1.